The fraction of sp³-hybridized carbons (Fsp3) is 0.182. The van der Waals surface area contributed by atoms with E-state index in [2.05, 4.69) is 15.1 Å². The van der Waals surface area contributed by atoms with Crippen LogP contribution in [-0.2, 0) is 12.7 Å². The summed E-state index contributed by atoms with van der Waals surface area (Å²) in [7, 11) is 2.81. The SMILES string of the molecule is COc1cn(-c2cccc(C(F)(F)F)c2)nc1C(=O)N(C)Cc1nc2ccccc2c(=O)[nH]1. The van der Waals surface area contributed by atoms with Crippen LogP contribution in [0.5, 0.6) is 5.75 Å². The summed E-state index contributed by atoms with van der Waals surface area (Å²) in [5, 5.41) is 4.57. The van der Waals surface area contributed by atoms with Crippen LogP contribution in [0.3, 0.4) is 0 Å². The Balaban J connectivity index is 1.62. The second-order valence-corrected chi connectivity index (χ2v) is 7.23. The summed E-state index contributed by atoms with van der Waals surface area (Å²) in [5.74, 6) is -0.205. The third-order valence-electron chi connectivity index (χ3n) is 4.94. The summed E-state index contributed by atoms with van der Waals surface area (Å²) in [6.07, 6.45) is -3.19. The number of amides is 1. The number of carbonyl (C=O) groups is 1. The van der Waals surface area contributed by atoms with Gasteiger partial charge in [-0.25, -0.2) is 9.67 Å². The summed E-state index contributed by atoms with van der Waals surface area (Å²) in [6, 6.07) is 11.4. The predicted molar refractivity (Wildman–Crippen MR) is 113 cm³/mol. The highest BCUT2D eigenvalue weighted by atomic mass is 19.4. The minimum absolute atomic E-state index is 0.0293. The van der Waals surface area contributed by atoms with Crippen LogP contribution in [0.4, 0.5) is 13.2 Å². The lowest BCUT2D eigenvalue weighted by molar-refractivity contribution is -0.137. The van der Waals surface area contributed by atoms with Crippen molar-refractivity contribution in [1.29, 1.82) is 0 Å². The Morgan fingerprint density at radius 2 is 1.94 bits per heavy atom. The van der Waals surface area contributed by atoms with Crippen molar-refractivity contribution in [2.24, 2.45) is 0 Å². The molecule has 1 amide bonds. The maximum absolute atomic E-state index is 13.1. The van der Waals surface area contributed by atoms with Crippen molar-refractivity contribution in [2.75, 3.05) is 14.2 Å². The topological polar surface area (TPSA) is 93.1 Å². The maximum Gasteiger partial charge on any atom is 0.416 e. The van der Waals surface area contributed by atoms with E-state index in [9.17, 15) is 22.8 Å². The van der Waals surface area contributed by atoms with Gasteiger partial charge in [-0.05, 0) is 30.3 Å². The highest BCUT2D eigenvalue weighted by molar-refractivity contribution is 5.94. The molecule has 0 fully saturated rings. The van der Waals surface area contributed by atoms with Gasteiger partial charge in [-0.3, -0.25) is 9.59 Å². The Morgan fingerprint density at radius 1 is 1.18 bits per heavy atom. The molecule has 4 rings (SSSR count). The van der Waals surface area contributed by atoms with Crippen LogP contribution in [-0.4, -0.2) is 44.7 Å². The van der Waals surface area contributed by atoms with Crippen molar-refractivity contribution in [2.45, 2.75) is 12.7 Å². The van der Waals surface area contributed by atoms with E-state index in [1.54, 1.807) is 24.3 Å². The number of para-hydroxylation sites is 1. The minimum atomic E-state index is -4.52. The molecule has 0 atom stereocenters. The normalized spacial score (nSPS) is 11.5. The monoisotopic (exact) mass is 457 g/mol. The number of methoxy groups -OCH3 is 1. The molecule has 0 unspecified atom stereocenters. The van der Waals surface area contributed by atoms with Gasteiger partial charge in [0.25, 0.3) is 11.5 Å². The number of hydrogen-bond acceptors (Lipinski definition) is 5. The summed E-state index contributed by atoms with van der Waals surface area (Å²) >= 11 is 0. The van der Waals surface area contributed by atoms with Crippen LogP contribution in [0.2, 0.25) is 0 Å². The standard InChI is InChI=1S/C22H18F3N5O3/c1-29(12-18-26-16-9-4-3-8-15(16)20(31)27-18)21(32)19-17(33-2)11-30(28-19)14-7-5-6-13(10-14)22(23,24)25/h3-11H,12H2,1-2H3,(H,26,27,31). The number of H-pyrrole nitrogens is 1. The van der Waals surface area contributed by atoms with Crippen molar-refractivity contribution in [3.05, 3.63) is 82.2 Å². The lowest BCUT2D eigenvalue weighted by Gasteiger charge is -2.16. The first-order chi connectivity index (χ1) is 15.7. The van der Waals surface area contributed by atoms with Gasteiger partial charge in [0.1, 0.15) is 5.82 Å². The molecule has 2 aromatic heterocycles. The molecule has 33 heavy (non-hydrogen) atoms. The Morgan fingerprint density at radius 3 is 2.67 bits per heavy atom. The van der Waals surface area contributed by atoms with Gasteiger partial charge in [0.2, 0.25) is 0 Å². The van der Waals surface area contributed by atoms with Crippen molar-refractivity contribution in [3.63, 3.8) is 0 Å². The molecule has 1 N–H and O–H groups in total. The number of ether oxygens (including phenoxy) is 1. The number of rotatable bonds is 5. The molecule has 0 bridgehead atoms. The first kappa shape index (κ1) is 22.1. The molecular formula is C22H18F3N5O3. The van der Waals surface area contributed by atoms with Gasteiger partial charge in [0.05, 0.1) is 42.0 Å². The highest BCUT2D eigenvalue weighted by Crippen LogP contribution is 2.31. The lowest BCUT2D eigenvalue weighted by atomic mass is 10.2. The number of aromatic amines is 1. The van der Waals surface area contributed by atoms with Crippen LogP contribution < -0.4 is 10.3 Å². The van der Waals surface area contributed by atoms with E-state index in [4.69, 9.17) is 4.74 Å². The largest absolute Gasteiger partial charge is 0.493 e. The predicted octanol–water partition coefficient (Wildman–Crippen LogP) is 3.41. The molecule has 4 aromatic rings. The Kier molecular flexibility index (Phi) is 5.62. The summed E-state index contributed by atoms with van der Waals surface area (Å²) in [5.41, 5.74) is -0.664. The number of carbonyl (C=O) groups excluding carboxylic acids is 1. The average molecular weight is 457 g/mol. The number of benzene rings is 2. The van der Waals surface area contributed by atoms with E-state index >= 15 is 0 Å². The minimum Gasteiger partial charge on any atom is -0.493 e. The lowest BCUT2D eigenvalue weighted by Crippen LogP contribution is -2.29. The zero-order valence-electron chi connectivity index (χ0n) is 17.6. The number of nitrogens with zero attached hydrogens (tertiary/aromatic N) is 4. The van der Waals surface area contributed by atoms with E-state index < -0.39 is 17.6 Å². The molecule has 11 heteroatoms. The average Bonchev–Trinajstić information content (AvgIpc) is 3.22. The summed E-state index contributed by atoms with van der Waals surface area (Å²) < 4.78 is 45.5. The summed E-state index contributed by atoms with van der Waals surface area (Å²) in [6.45, 7) is -0.0293. The molecule has 0 aliphatic carbocycles. The van der Waals surface area contributed by atoms with E-state index in [0.29, 0.717) is 10.9 Å². The van der Waals surface area contributed by atoms with Gasteiger partial charge in [-0.1, -0.05) is 18.2 Å². The molecule has 8 nitrogen and oxygen atoms in total. The van der Waals surface area contributed by atoms with Gasteiger partial charge in [0, 0.05) is 7.05 Å². The molecule has 2 aromatic carbocycles. The van der Waals surface area contributed by atoms with Gasteiger partial charge >= 0.3 is 6.18 Å². The van der Waals surface area contributed by atoms with Gasteiger partial charge in [-0.15, -0.1) is 0 Å². The number of hydrogen-bond donors (Lipinski definition) is 1. The third kappa shape index (κ3) is 4.43. The first-order valence-electron chi connectivity index (χ1n) is 9.72. The number of alkyl halides is 3. The van der Waals surface area contributed by atoms with Gasteiger partial charge in [-0.2, -0.15) is 18.3 Å². The molecule has 0 saturated heterocycles. The Labute approximate surface area is 185 Å². The highest BCUT2D eigenvalue weighted by Gasteiger charge is 2.31. The third-order valence-corrected chi connectivity index (χ3v) is 4.94. The van der Waals surface area contributed by atoms with Crippen LogP contribution in [0.15, 0.2) is 59.5 Å². The van der Waals surface area contributed by atoms with E-state index in [-0.39, 0.29) is 35.1 Å². The van der Waals surface area contributed by atoms with Gasteiger partial charge < -0.3 is 14.6 Å². The zero-order chi connectivity index (χ0) is 23.8. The fourth-order valence-corrected chi connectivity index (χ4v) is 3.30. The Bertz CT molecular complexity index is 1390. The second-order valence-electron chi connectivity index (χ2n) is 7.23. The molecule has 170 valence electrons. The first-order valence-corrected chi connectivity index (χ1v) is 9.72. The van der Waals surface area contributed by atoms with E-state index in [0.717, 1.165) is 16.8 Å². The molecule has 0 radical (unpaired) electrons. The molecule has 0 saturated carbocycles. The van der Waals surface area contributed by atoms with Crippen LogP contribution in [0.25, 0.3) is 16.6 Å². The van der Waals surface area contributed by atoms with Crippen molar-refractivity contribution >= 4 is 16.8 Å². The number of aromatic nitrogens is 4. The van der Waals surface area contributed by atoms with Crippen LogP contribution in [0, 0.1) is 0 Å². The van der Waals surface area contributed by atoms with Crippen molar-refractivity contribution in [1.82, 2.24) is 24.6 Å². The van der Waals surface area contributed by atoms with Crippen LogP contribution >= 0.6 is 0 Å². The number of fused-ring (bicyclic) bond motifs is 1. The van der Waals surface area contributed by atoms with Crippen LogP contribution in [0.1, 0.15) is 21.9 Å². The van der Waals surface area contributed by atoms with Gasteiger partial charge in [0.15, 0.2) is 11.4 Å². The molecule has 0 aliphatic heterocycles. The van der Waals surface area contributed by atoms with Crippen molar-refractivity contribution in [3.8, 4) is 11.4 Å². The molecule has 2 heterocycles. The smallest absolute Gasteiger partial charge is 0.416 e. The van der Waals surface area contributed by atoms with E-state index in [1.165, 1.54) is 37.4 Å². The maximum atomic E-state index is 13.1. The fourth-order valence-electron chi connectivity index (χ4n) is 3.30. The number of nitrogens with one attached hydrogen (secondary N) is 1. The second kappa shape index (κ2) is 8.41. The Hall–Kier alpha value is -4.15. The van der Waals surface area contributed by atoms with E-state index in [1.807, 2.05) is 0 Å². The summed E-state index contributed by atoms with van der Waals surface area (Å²) in [4.78, 5) is 33.6. The van der Waals surface area contributed by atoms with Crippen molar-refractivity contribution < 1.29 is 22.7 Å². The quantitative estimate of drug-likeness (QED) is 0.496. The molecular weight excluding hydrogens is 439 g/mol. The zero-order valence-corrected chi connectivity index (χ0v) is 17.6. The molecule has 0 aliphatic rings. The molecule has 0 spiro atoms. The number of halogens is 3.